The van der Waals surface area contributed by atoms with Crippen molar-refractivity contribution in [2.24, 2.45) is 5.92 Å². The summed E-state index contributed by atoms with van der Waals surface area (Å²) in [6.45, 7) is 4.85. The van der Waals surface area contributed by atoms with Gasteiger partial charge in [0.05, 0.1) is 16.8 Å². The number of nitrogens with zero attached hydrogens (tertiary/aromatic N) is 1. The molecule has 12 rings (SSSR count). The van der Waals surface area contributed by atoms with Crippen LogP contribution in [0.1, 0.15) is 71.6 Å². The summed E-state index contributed by atoms with van der Waals surface area (Å²) >= 11 is 0. The minimum absolute atomic E-state index is 0.0450. The van der Waals surface area contributed by atoms with Crippen LogP contribution in [-0.4, -0.2) is 0 Å². The van der Waals surface area contributed by atoms with Crippen molar-refractivity contribution < 1.29 is 4.74 Å². The van der Waals surface area contributed by atoms with Crippen molar-refractivity contribution >= 4 is 33.4 Å². The van der Waals surface area contributed by atoms with E-state index in [1.807, 2.05) is 0 Å². The van der Waals surface area contributed by atoms with Crippen molar-refractivity contribution in [2.45, 2.75) is 43.4 Å². The van der Waals surface area contributed by atoms with Gasteiger partial charge in [0.25, 0.3) is 0 Å². The first-order chi connectivity index (χ1) is 28.5. The monoisotopic (exact) mass is 745 g/mol. The summed E-state index contributed by atoms with van der Waals surface area (Å²) in [5, 5.41) is 2.48. The van der Waals surface area contributed by atoms with E-state index in [1.165, 1.54) is 60.9 Å². The zero-order chi connectivity index (χ0) is 38.6. The predicted molar refractivity (Wildman–Crippen MR) is 240 cm³/mol. The van der Waals surface area contributed by atoms with E-state index in [1.54, 1.807) is 0 Å². The van der Waals surface area contributed by atoms with E-state index in [9.17, 15) is 0 Å². The molecule has 0 radical (unpaired) electrons. The van der Waals surface area contributed by atoms with Crippen molar-refractivity contribution in [3.63, 3.8) is 0 Å². The Morgan fingerprint density at radius 3 is 2.14 bits per heavy atom. The molecular formula is C56H43NO. The number of benzene rings is 7. The van der Waals surface area contributed by atoms with Gasteiger partial charge in [-0.2, -0.15) is 0 Å². The zero-order valence-corrected chi connectivity index (χ0v) is 32.8. The Morgan fingerprint density at radius 2 is 1.33 bits per heavy atom. The van der Waals surface area contributed by atoms with Gasteiger partial charge < -0.3 is 9.64 Å². The molecule has 2 nitrogen and oxygen atoms in total. The Balaban J connectivity index is 1.18. The van der Waals surface area contributed by atoms with Gasteiger partial charge >= 0.3 is 0 Å². The fraction of sp³-hybridized carbons (Fsp3) is 0.143. The molecule has 1 spiro atoms. The van der Waals surface area contributed by atoms with Crippen LogP contribution < -0.4 is 9.64 Å². The van der Waals surface area contributed by atoms with Crippen LogP contribution in [0.2, 0.25) is 0 Å². The summed E-state index contributed by atoms with van der Waals surface area (Å²) in [7, 11) is 0. The van der Waals surface area contributed by atoms with Gasteiger partial charge in [-0.15, -0.1) is 0 Å². The quantitative estimate of drug-likeness (QED) is 0.178. The minimum atomic E-state index is -0.561. The lowest BCUT2D eigenvalue weighted by atomic mass is 9.66. The number of fused-ring (bicyclic) bond motifs is 13. The highest BCUT2D eigenvalue weighted by atomic mass is 16.5. The van der Waals surface area contributed by atoms with Crippen molar-refractivity contribution in [1.82, 2.24) is 0 Å². The van der Waals surface area contributed by atoms with Gasteiger partial charge in [0.15, 0.2) is 5.75 Å². The molecule has 2 atom stereocenters. The molecule has 0 aromatic heterocycles. The smallest absolute Gasteiger partial charge is 0.156 e. The summed E-state index contributed by atoms with van der Waals surface area (Å²) in [4.78, 5) is 2.52. The van der Waals surface area contributed by atoms with Gasteiger partial charge in [-0.05, 0) is 104 Å². The van der Waals surface area contributed by atoms with E-state index in [0.29, 0.717) is 11.8 Å². The number of hydrogen-bond acceptors (Lipinski definition) is 2. The topological polar surface area (TPSA) is 12.5 Å². The molecular weight excluding hydrogens is 703 g/mol. The Labute approximate surface area is 340 Å². The first kappa shape index (κ1) is 33.5. The van der Waals surface area contributed by atoms with Gasteiger partial charge in [-0.3, -0.25) is 0 Å². The van der Waals surface area contributed by atoms with Crippen LogP contribution in [0.15, 0.2) is 188 Å². The number of anilines is 3. The lowest BCUT2D eigenvalue weighted by Crippen LogP contribution is -2.32. The van der Waals surface area contributed by atoms with E-state index >= 15 is 0 Å². The number of hydrogen-bond donors (Lipinski definition) is 0. The zero-order valence-electron chi connectivity index (χ0n) is 32.8. The Kier molecular flexibility index (Phi) is 7.18. The van der Waals surface area contributed by atoms with Crippen LogP contribution in [-0.2, 0) is 10.8 Å². The molecule has 5 aliphatic rings. The fourth-order valence-electron chi connectivity index (χ4n) is 11.3. The van der Waals surface area contributed by atoms with Crippen LogP contribution in [0.5, 0.6) is 11.5 Å². The Hall–Kier alpha value is -6.64. The third kappa shape index (κ3) is 4.49. The first-order valence-corrected chi connectivity index (χ1v) is 20.8. The Bertz CT molecular complexity index is 2950. The third-order valence-electron chi connectivity index (χ3n) is 13.8. The van der Waals surface area contributed by atoms with E-state index in [2.05, 4.69) is 207 Å². The summed E-state index contributed by atoms with van der Waals surface area (Å²) in [6, 6.07) is 54.3. The summed E-state index contributed by atoms with van der Waals surface area (Å²) in [5.41, 5.74) is 15.5. The van der Waals surface area contributed by atoms with E-state index < -0.39 is 5.41 Å². The van der Waals surface area contributed by atoms with Gasteiger partial charge in [-0.25, -0.2) is 0 Å². The van der Waals surface area contributed by atoms with Gasteiger partial charge in [0.1, 0.15) is 5.75 Å². The molecule has 7 aromatic carbocycles. The van der Waals surface area contributed by atoms with E-state index in [0.717, 1.165) is 47.0 Å². The Morgan fingerprint density at radius 1 is 0.603 bits per heavy atom. The second-order valence-electron chi connectivity index (χ2n) is 17.1. The number of para-hydroxylation sites is 2. The molecule has 4 aliphatic carbocycles. The lowest BCUT2D eigenvalue weighted by molar-refractivity contribution is 0.394. The molecule has 1 heterocycles. The highest BCUT2D eigenvalue weighted by Crippen LogP contribution is 2.64. The highest BCUT2D eigenvalue weighted by Gasteiger charge is 2.52. The van der Waals surface area contributed by atoms with Crippen LogP contribution in [0.3, 0.4) is 0 Å². The average molecular weight is 746 g/mol. The molecule has 2 heteroatoms. The number of allylic oxidation sites excluding steroid dienone is 8. The van der Waals surface area contributed by atoms with Crippen molar-refractivity contribution in [3.05, 3.63) is 227 Å². The molecule has 0 bridgehead atoms. The van der Waals surface area contributed by atoms with Crippen molar-refractivity contribution in [3.8, 4) is 22.6 Å². The maximum absolute atomic E-state index is 7.34. The lowest BCUT2D eigenvalue weighted by Gasteiger charge is -2.41. The second-order valence-corrected chi connectivity index (χ2v) is 17.1. The summed E-state index contributed by atoms with van der Waals surface area (Å²) < 4.78 is 7.34. The summed E-state index contributed by atoms with van der Waals surface area (Å²) in [6.07, 6.45) is 18.4. The fourth-order valence-corrected chi connectivity index (χ4v) is 11.3. The van der Waals surface area contributed by atoms with Crippen LogP contribution >= 0.6 is 0 Å². The normalized spacial score (nSPS) is 19.4. The van der Waals surface area contributed by atoms with Gasteiger partial charge in [-0.1, -0.05) is 172 Å². The molecule has 7 aromatic rings. The summed E-state index contributed by atoms with van der Waals surface area (Å²) in [5.74, 6) is 2.57. The number of ether oxygens (including phenoxy) is 1. The van der Waals surface area contributed by atoms with Crippen molar-refractivity contribution in [1.29, 1.82) is 0 Å². The second kappa shape index (κ2) is 12.4. The van der Waals surface area contributed by atoms with Crippen LogP contribution in [0.25, 0.3) is 27.5 Å². The van der Waals surface area contributed by atoms with Gasteiger partial charge in [0, 0.05) is 28.3 Å². The predicted octanol–water partition coefficient (Wildman–Crippen LogP) is 14.6. The molecule has 0 amide bonds. The molecule has 2 unspecified atom stereocenters. The van der Waals surface area contributed by atoms with Gasteiger partial charge in [0.2, 0.25) is 0 Å². The van der Waals surface area contributed by atoms with E-state index in [4.69, 9.17) is 4.74 Å². The standard InChI is InChI=1S/C56H43NO/c1-55(2)44-24-11-8-21-40(44)43-33-32-38(35-49(43)55)57(50-34-31-36-17-6-7-20-39(36)53(50)37-18-4-3-5-19-37)51-29-16-28-48-54(51)58-52-30-15-14-27-47(52)56(48)45-25-12-9-22-41(45)42-23-10-13-26-46(42)56/h4,6-35,40,44H,3,5H2,1-2H3. The average Bonchev–Trinajstić information content (AvgIpc) is 3.70. The molecule has 1 aliphatic heterocycles. The largest absolute Gasteiger partial charge is 0.454 e. The van der Waals surface area contributed by atoms with Crippen LogP contribution in [0.4, 0.5) is 17.1 Å². The van der Waals surface area contributed by atoms with Crippen molar-refractivity contribution in [2.75, 3.05) is 4.90 Å². The van der Waals surface area contributed by atoms with Crippen LogP contribution in [0, 0.1) is 5.92 Å². The third-order valence-corrected chi connectivity index (χ3v) is 13.8. The highest BCUT2D eigenvalue weighted by molar-refractivity contribution is 6.04. The molecule has 0 N–H and O–H groups in total. The maximum Gasteiger partial charge on any atom is 0.156 e. The molecule has 0 fully saturated rings. The molecule has 58 heavy (non-hydrogen) atoms. The first-order valence-electron chi connectivity index (χ1n) is 20.8. The molecule has 278 valence electrons. The SMILES string of the molecule is CC1(C)c2cc(N(c3cccc4c3Oc3ccccc3C43c4ccccc4-c4ccccc43)c3ccc4ccccc4c3C3=CCCC=C3)ccc2C2C=CC=CC21. The maximum atomic E-state index is 7.34. The number of rotatable bonds is 4. The molecule has 0 saturated carbocycles. The van der Waals surface area contributed by atoms with E-state index in [-0.39, 0.29) is 5.41 Å². The molecule has 0 saturated heterocycles. The minimum Gasteiger partial charge on any atom is -0.454 e.